The van der Waals surface area contributed by atoms with E-state index in [0.29, 0.717) is 18.7 Å². The molecule has 112 valence electrons. The minimum Gasteiger partial charge on any atom is -0.394 e. The lowest BCUT2D eigenvalue weighted by Crippen LogP contribution is -2.43. The van der Waals surface area contributed by atoms with Crippen LogP contribution in [0.15, 0.2) is 54.6 Å². The summed E-state index contributed by atoms with van der Waals surface area (Å²) in [5.74, 6) is -0.258. The molecule has 0 radical (unpaired) electrons. The molecule has 3 N–H and O–H groups in total. The summed E-state index contributed by atoms with van der Waals surface area (Å²) >= 11 is 0. The summed E-state index contributed by atoms with van der Waals surface area (Å²) in [5.41, 5.74) is 6.91. The van der Waals surface area contributed by atoms with Gasteiger partial charge in [-0.3, -0.25) is 0 Å². The van der Waals surface area contributed by atoms with E-state index >= 15 is 0 Å². The Morgan fingerprint density at radius 2 is 1.71 bits per heavy atom. The molecule has 0 fully saturated rings. The number of rotatable bonds is 6. The average molecular weight is 288 g/mol. The van der Waals surface area contributed by atoms with E-state index in [0.717, 1.165) is 5.56 Å². The highest BCUT2D eigenvalue weighted by atomic mass is 19.1. The zero-order chi connectivity index (χ0) is 15.3. The highest BCUT2D eigenvalue weighted by Gasteiger charge is 2.26. The Morgan fingerprint density at radius 1 is 1.10 bits per heavy atom. The van der Waals surface area contributed by atoms with Crippen molar-refractivity contribution in [3.05, 3.63) is 66.0 Å². The van der Waals surface area contributed by atoms with Gasteiger partial charge in [-0.15, -0.1) is 0 Å². The van der Waals surface area contributed by atoms with Crippen molar-refractivity contribution in [2.75, 3.05) is 25.1 Å². The number of benzene rings is 2. The molecule has 21 heavy (non-hydrogen) atoms. The molecule has 0 aromatic heterocycles. The first-order valence-corrected chi connectivity index (χ1v) is 6.98. The molecule has 0 saturated carbocycles. The van der Waals surface area contributed by atoms with Crippen LogP contribution in [-0.2, 0) is 5.54 Å². The number of nitrogens with zero attached hydrogens (tertiary/aromatic N) is 1. The van der Waals surface area contributed by atoms with E-state index in [2.05, 4.69) is 0 Å². The van der Waals surface area contributed by atoms with Gasteiger partial charge in [-0.1, -0.05) is 42.5 Å². The van der Waals surface area contributed by atoms with Gasteiger partial charge in [-0.25, -0.2) is 4.39 Å². The van der Waals surface area contributed by atoms with Gasteiger partial charge in [0, 0.05) is 13.6 Å². The summed E-state index contributed by atoms with van der Waals surface area (Å²) in [6.07, 6.45) is 0.526. The van der Waals surface area contributed by atoms with Crippen LogP contribution >= 0.6 is 0 Å². The molecule has 2 aromatic rings. The van der Waals surface area contributed by atoms with Crippen LogP contribution < -0.4 is 10.6 Å². The van der Waals surface area contributed by atoms with E-state index in [1.807, 2.05) is 42.3 Å². The van der Waals surface area contributed by atoms with Gasteiger partial charge >= 0.3 is 0 Å². The fourth-order valence-electron chi connectivity index (χ4n) is 2.33. The number of aliphatic hydroxyl groups excluding tert-OH is 1. The molecule has 2 rings (SSSR count). The Balaban J connectivity index is 2.09. The first kappa shape index (κ1) is 15.5. The summed E-state index contributed by atoms with van der Waals surface area (Å²) < 4.78 is 13.7. The molecule has 0 aliphatic heterocycles. The third-order valence-electron chi connectivity index (χ3n) is 3.79. The van der Waals surface area contributed by atoms with Crippen molar-refractivity contribution in [3.63, 3.8) is 0 Å². The van der Waals surface area contributed by atoms with Gasteiger partial charge < -0.3 is 15.7 Å². The summed E-state index contributed by atoms with van der Waals surface area (Å²) in [5, 5.41) is 9.66. The summed E-state index contributed by atoms with van der Waals surface area (Å²) in [6.45, 7) is 0.398. The van der Waals surface area contributed by atoms with E-state index in [-0.39, 0.29) is 12.4 Å². The molecule has 0 aliphatic carbocycles. The van der Waals surface area contributed by atoms with Gasteiger partial charge in [0.25, 0.3) is 0 Å². The second kappa shape index (κ2) is 6.70. The Kier molecular flexibility index (Phi) is 4.94. The van der Waals surface area contributed by atoms with E-state index in [4.69, 9.17) is 5.73 Å². The van der Waals surface area contributed by atoms with Crippen LogP contribution in [0.2, 0.25) is 0 Å². The fraction of sp³-hybridized carbons (Fsp3) is 0.294. The van der Waals surface area contributed by atoms with Gasteiger partial charge in [-0.2, -0.15) is 0 Å². The fourth-order valence-corrected chi connectivity index (χ4v) is 2.33. The highest BCUT2D eigenvalue weighted by molar-refractivity contribution is 5.46. The van der Waals surface area contributed by atoms with E-state index in [1.54, 1.807) is 18.2 Å². The van der Waals surface area contributed by atoms with Crippen molar-refractivity contribution in [3.8, 4) is 0 Å². The lowest BCUT2D eigenvalue weighted by atomic mass is 9.88. The van der Waals surface area contributed by atoms with Gasteiger partial charge in [0.05, 0.1) is 17.8 Å². The second-order valence-electron chi connectivity index (χ2n) is 5.30. The number of hydrogen-bond acceptors (Lipinski definition) is 3. The molecular weight excluding hydrogens is 267 g/mol. The first-order valence-electron chi connectivity index (χ1n) is 6.98. The number of halogens is 1. The van der Waals surface area contributed by atoms with Crippen molar-refractivity contribution in [2.24, 2.45) is 5.73 Å². The number of anilines is 1. The predicted octanol–water partition coefficient (Wildman–Crippen LogP) is 2.50. The molecule has 2 aromatic carbocycles. The number of aliphatic hydroxyl groups is 1. The maximum absolute atomic E-state index is 13.7. The van der Waals surface area contributed by atoms with E-state index < -0.39 is 5.54 Å². The normalized spacial score (nSPS) is 13.7. The number of nitrogens with two attached hydrogens (primary N) is 1. The Labute approximate surface area is 124 Å². The third-order valence-corrected chi connectivity index (χ3v) is 3.79. The van der Waals surface area contributed by atoms with E-state index in [9.17, 15) is 9.50 Å². The minimum absolute atomic E-state index is 0.151. The van der Waals surface area contributed by atoms with Crippen LogP contribution in [0.3, 0.4) is 0 Å². The Hall–Kier alpha value is -1.91. The SMILES string of the molecule is CN(CCC(N)(CO)c1ccccc1)c1ccccc1F. The smallest absolute Gasteiger partial charge is 0.146 e. The minimum atomic E-state index is -0.819. The molecule has 4 heteroatoms. The van der Waals surface area contributed by atoms with Crippen LogP contribution in [0, 0.1) is 5.82 Å². The molecular formula is C17H21FN2O. The van der Waals surface area contributed by atoms with Crippen molar-refractivity contribution >= 4 is 5.69 Å². The average Bonchev–Trinajstić information content (AvgIpc) is 2.53. The summed E-state index contributed by atoms with van der Waals surface area (Å²) in [6, 6.07) is 16.1. The van der Waals surface area contributed by atoms with Crippen LogP contribution in [0.4, 0.5) is 10.1 Å². The van der Waals surface area contributed by atoms with Crippen molar-refractivity contribution in [2.45, 2.75) is 12.0 Å². The van der Waals surface area contributed by atoms with Gasteiger partial charge in [0.15, 0.2) is 0 Å². The van der Waals surface area contributed by atoms with Crippen LogP contribution in [-0.4, -0.2) is 25.3 Å². The van der Waals surface area contributed by atoms with Crippen molar-refractivity contribution in [1.29, 1.82) is 0 Å². The van der Waals surface area contributed by atoms with Crippen LogP contribution in [0.5, 0.6) is 0 Å². The van der Waals surface area contributed by atoms with Crippen LogP contribution in [0.1, 0.15) is 12.0 Å². The number of para-hydroxylation sites is 1. The summed E-state index contributed by atoms with van der Waals surface area (Å²) in [7, 11) is 1.82. The molecule has 0 saturated heterocycles. The molecule has 0 aliphatic rings. The standard InChI is InChI=1S/C17H21FN2O/c1-20(16-10-6-5-9-15(16)18)12-11-17(19,13-21)14-7-3-2-4-8-14/h2-10,21H,11-13,19H2,1H3. The second-order valence-corrected chi connectivity index (χ2v) is 5.30. The quantitative estimate of drug-likeness (QED) is 0.858. The van der Waals surface area contributed by atoms with Gasteiger partial charge in [0.2, 0.25) is 0 Å². The first-order chi connectivity index (χ1) is 10.1. The molecule has 3 nitrogen and oxygen atoms in total. The molecule has 1 atom stereocenters. The lowest BCUT2D eigenvalue weighted by Gasteiger charge is -2.31. The largest absolute Gasteiger partial charge is 0.394 e. The molecule has 1 unspecified atom stereocenters. The zero-order valence-corrected chi connectivity index (χ0v) is 12.2. The molecule has 0 heterocycles. The maximum atomic E-state index is 13.7. The number of hydrogen-bond donors (Lipinski definition) is 2. The van der Waals surface area contributed by atoms with Crippen molar-refractivity contribution < 1.29 is 9.50 Å². The third kappa shape index (κ3) is 3.60. The monoisotopic (exact) mass is 288 g/mol. The maximum Gasteiger partial charge on any atom is 0.146 e. The van der Waals surface area contributed by atoms with Gasteiger partial charge in [0.1, 0.15) is 5.82 Å². The Morgan fingerprint density at radius 3 is 2.33 bits per heavy atom. The predicted molar refractivity (Wildman–Crippen MR) is 83.7 cm³/mol. The molecule has 0 amide bonds. The summed E-state index contributed by atoms with van der Waals surface area (Å²) in [4.78, 5) is 1.82. The van der Waals surface area contributed by atoms with Gasteiger partial charge in [-0.05, 0) is 24.1 Å². The topological polar surface area (TPSA) is 49.5 Å². The zero-order valence-electron chi connectivity index (χ0n) is 12.2. The van der Waals surface area contributed by atoms with Crippen LogP contribution in [0.25, 0.3) is 0 Å². The molecule has 0 bridgehead atoms. The highest BCUT2D eigenvalue weighted by Crippen LogP contribution is 2.24. The molecule has 0 spiro atoms. The van der Waals surface area contributed by atoms with Crippen molar-refractivity contribution in [1.82, 2.24) is 0 Å². The lowest BCUT2D eigenvalue weighted by molar-refractivity contribution is 0.189. The van der Waals surface area contributed by atoms with E-state index in [1.165, 1.54) is 6.07 Å². The Bertz CT molecular complexity index is 576.